The molecule has 1 atom stereocenters. The van der Waals surface area contributed by atoms with Crippen molar-refractivity contribution < 1.29 is 14.0 Å². The van der Waals surface area contributed by atoms with Crippen LogP contribution in [0.1, 0.15) is 17.5 Å². The van der Waals surface area contributed by atoms with E-state index in [1.54, 1.807) is 17.0 Å². The third-order valence-electron chi connectivity index (χ3n) is 4.63. The van der Waals surface area contributed by atoms with E-state index in [1.807, 2.05) is 4.90 Å². The van der Waals surface area contributed by atoms with Crippen LogP contribution < -0.4 is 5.32 Å². The second-order valence-corrected chi connectivity index (χ2v) is 6.17. The molecule has 0 radical (unpaired) electrons. The molecule has 2 fully saturated rings. The lowest BCUT2D eigenvalue weighted by Gasteiger charge is -2.38. The maximum absolute atomic E-state index is 12.5. The summed E-state index contributed by atoms with van der Waals surface area (Å²) >= 11 is 0. The molecule has 23 heavy (non-hydrogen) atoms. The van der Waals surface area contributed by atoms with Gasteiger partial charge < -0.3 is 19.5 Å². The zero-order valence-corrected chi connectivity index (χ0v) is 13.5. The summed E-state index contributed by atoms with van der Waals surface area (Å²) < 4.78 is 5.15. The number of carbonyl (C=O) groups excluding carboxylic acids is 2. The van der Waals surface area contributed by atoms with Gasteiger partial charge in [0.25, 0.3) is 5.91 Å². The van der Waals surface area contributed by atoms with Crippen molar-refractivity contribution in [1.82, 2.24) is 20.0 Å². The first-order valence-electron chi connectivity index (χ1n) is 8.20. The summed E-state index contributed by atoms with van der Waals surface area (Å²) in [5.74, 6) is 0.418. The molecule has 1 aromatic heterocycles. The molecule has 7 nitrogen and oxygen atoms in total. The molecule has 0 aromatic carbocycles. The summed E-state index contributed by atoms with van der Waals surface area (Å²) in [6, 6.07) is 3.77. The molecule has 2 saturated heterocycles. The number of nitrogens with zero attached hydrogens (tertiary/aromatic N) is 3. The molecule has 2 amide bonds. The average Bonchev–Trinajstić information content (AvgIpc) is 3.11. The van der Waals surface area contributed by atoms with Crippen LogP contribution in [0, 0.1) is 0 Å². The van der Waals surface area contributed by atoms with Crippen LogP contribution in [0.5, 0.6) is 0 Å². The molecule has 1 N–H and O–H groups in total. The van der Waals surface area contributed by atoms with Crippen molar-refractivity contribution in [2.75, 3.05) is 52.4 Å². The molecule has 126 valence electrons. The Hall–Kier alpha value is -1.86. The number of furan rings is 1. The lowest BCUT2D eigenvalue weighted by molar-refractivity contribution is -0.134. The molecular weight excluding hydrogens is 296 g/mol. The van der Waals surface area contributed by atoms with Crippen LogP contribution in [0.4, 0.5) is 0 Å². The van der Waals surface area contributed by atoms with Crippen molar-refractivity contribution in [3.05, 3.63) is 24.2 Å². The number of rotatable bonds is 3. The highest BCUT2D eigenvalue weighted by Gasteiger charge is 2.28. The highest BCUT2D eigenvalue weighted by molar-refractivity contribution is 5.91. The minimum absolute atomic E-state index is 0.0992. The van der Waals surface area contributed by atoms with E-state index in [4.69, 9.17) is 4.42 Å². The molecule has 2 aliphatic rings. The molecule has 0 spiro atoms. The Kier molecular flexibility index (Phi) is 4.97. The van der Waals surface area contributed by atoms with Gasteiger partial charge in [-0.1, -0.05) is 0 Å². The third-order valence-corrected chi connectivity index (χ3v) is 4.63. The zero-order valence-electron chi connectivity index (χ0n) is 13.5. The van der Waals surface area contributed by atoms with E-state index in [1.165, 1.54) is 6.26 Å². The fourth-order valence-corrected chi connectivity index (χ4v) is 3.11. The maximum Gasteiger partial charge on any atom is 0.289 e. The van der Waals surface area contributed by atoms with Crippen molar-refractivity contribution in [3.63, 3.8) is 0 Å². The van der Waals surface area contributed by atoms with Gasteiger partial charge in [0.2, 0.25) is 5.91 Å². The predicted octanol–water partition coefficient (Wildman–Crippen LogP) is -0.142. The highest BCUT2D eigenvalue weighted by atomic mass is 16.3. The first-order valence-corrected chi connectivity index (χ1v) is 8.20. The molecule has 0 aliphatic carbocycles. The van der Waals surface area contributed by atoms with Crippen molar-refractivity contribution in [3.8, 4) is 0 Å². The van der Waals surface area contributed by atoms with E-state index in [0.717, 1.165) is 19.6 Å². The molecule has 0 bridgehead atoms. The smallest absolute Gasteiger partial charge is 0.289 e. The van der Waals surface area contributed by atoms with Crippen molar-refractivity contribution in [2.45, 2.75) is 13.0 Å². The summed E-state index contributed by atoms with van der Waals surface area (Å²) in [4.78, 5) is 30.5. The van der Waals surface area contributed by atoms with E-state index in [9.17, 15) is 9.59 Å². The van der Waals surface area contributed by atoms with Crippen LogP contribution in [0.25, 0.3) is 0 Å². The average molecular weight is 320 g/mol. The summed E-state index contributed by atoms with van der Waals surface area (Å²) in [5.41, 5.74) is 0. The molecule has 3 heterocycles. The Morgan fingerprint density at radius 1 is 1.22 bits per heavy atom. The fourth-order valence-electron chi connectivity index (χ4n) is 3.11. The fraction of sp³-hybridized carbons (Fsp3) is 0.625. The zero-order chi connectivity index (χ0) is 16.2. The number of amides is 2. The minimum atomic E-state index is -0.0992. The summed E-state index contributed by atoms with van der Waals surface area (Å²) in [5, 5.41) is 3.33. The first-order chi connectivity index (χ1) is 11.1. The molecule has 0 unspecified atom stereocenters. The largest absolute Gasteiger partial charge is 0.459 e. The Morgan fingerprint density at radius 2 is 1.96 bits per heavy atom. The van der Waals surface area contributed by atoms with Gasteiger partial charge in [0.1, 0.15) is 0 Å². The minimum Gasteiger partial charge on any atom is -0.459 e. The van der Waals surface area contributed by atoms with Crippen molar-refractivity contribution in [1.29, 1.82) is 0 Å². The van der Waals surface area contributed by atoms with Crippen LogP contribution in [0.3, 0.4) is 0 Å². The maximum atomic E-state index is 12.5. The van der Waals surface area contributed by atoms with Crippen molar-refractivity contribution >= 4 is 11.8 Å². The summed E-state index contributed by atoms with van der Waals surface area (Å²) in [6.45, 7) is 7.67. The Bertz CT molecular complexity index is 538. The van der Waals surface area contributed by atoms with Gasteiger partial charge in [-0.15, -0.1) is 0 Å². The number of hydrogen-bond acceptors (Lipinski definition) is 5. The van der Waals surface area contributed by atoms with E-state index in [2.05, 4.69) is 17.1 Å². The lowest BCUT2D eigenvalue weighted by atomic mass is 10.2. The number of hydrogen-bond donors (Lipinski definition) is 1. The van der Waals surface area contributed by atoms with Crippen LogP contribution in [0.15, 0.2) is 22.8 Å². The van der Waals surface area contributed by atoms with Gasteiger partial charge in [0.05, 0.1) is 12.8 Å². The third kappa shape index (κ3) is 3.73. The van der Waals surface area contributed by atoms with E-state index in [-0.39, 0.29) is 11.8 Å². The van der Waals surface area contributed by atoms with Gasteiger partial charge in [-0.2, -0.15) is 0 Å². The number of nitrogens with one attached hydrogen (secondary N) is 1. The van der Waals surface area contributed by atoms with Gasteiger partial charge in [0.15, 0.2) is 5.76 Å². The van der Waals surface area contributed by atoms with E-state index >= 15 is 0 Å². The Balaban J connectivity index is 1.48. The molecule has 2 aliphatic heterocycles. The lowest BCUT2D eigenvalue weighted by Crippen LogP contribution is -2.56. The Labute approximate surface area is 136 Å². The molecular formula is C16H24N4O3. The predicted molar refractivity (Wildman–Crippen MR) is 85.1 cm³/mol. The van der Waals surface area contributed by atoms with E-state index < -0.39 is 0 Å². The Morgan fingerprint density at radius 3 is 2.61 bits per heavy atom. The van der Waals surface area contributed by atoms with Gasteiger partial charge in [-0.05, 0) is 19.1 Å². The SMILES string of the molecule is C[C@H]1CNCCN1CC(=O)N1CCN(C(=O)c2ccco2)CC1. The first kappa shape index (κ1) is 16.0. The van der Waals surface area contributed by atoms with Gasteiger partial charge in [-0.3, -0.25) is 14.5 Å². The van der Waals surface area contributed by atoms with Crippen molar-refractivity contribution in [2.24, 2.45) is 0 Å². The summed E-state index contributed by atoms with van der Waals surface area (Å²) in [7, 11) is 0. The van der Waals surface area contributed by atoms with Crippen LogP contribution in [0.2, 0.25) is 0 Å². The highest BCUT2D eigenvalue weighted by Crippen LogP contribution is 2.10. The quantitative estimate of drug-likeness (QED) is 0.839. The molecule has 7 heteroatoms. The second-order valence-electron chi connectivity index (χ2n) is 6.17. The van der Waals surface area contributed by atoms with Crippen LogP contribution in [-0.4, -0.2) is 84.9 Å². The monoisotopic (exact) mass is 320 g/mol. The number of carbonyl (C=O) groups is 2. The van der Waals surface area contributed by atoms with E-state index in [0.29, 0.717) is 44.5 Å². The molecule has 3 rings (SSSR count). The van der Waals surface area contributed by atoms with Gasteiger partial charge >= 0.3 is 0 Å². The van der Waals surface area contributed by atoms with Gasteiger partial charge in [0, 0.05) is 51.9 Å². The number of piperazine rings is 2. The molecule has 1 aromatic rings. The summed E-state index contributed by atoms with van der Waals surface area (Å²) in [6.07, 6.45) is 1.50. The van der Waals surface area contributed by atoms with Crippen LogP contribution >= 0.6 is 0 Å². The van der Waals surface area contributed by atoms with Gasteiger partial charge in [-0.25, -0.2) is 0 Å². The second kappa shape index (κ2) is 7.14. The molecule has 0 saturated carbocycles. The topological polar surface area (TPSA) is 69.0 Å². The normalized spacial score (nSPS) is 23.1. The standard InChI is InChI=1S/C16H24N4O3/c1-13-11-17-4-5-20(13)12-15(21)18-6-8-19(9-7-18)16(22)14-3-2-10-23-14/h2-3,10,13,17H,4-9,11-12H2,1H3/t13-/m0/s1. The van der Waals surface area contributed by atoms with Crippen LogP contribution in [-0.2, 0) is 4.79 Å².